The van der Waals surface area contributed by atoms with Crippen LogP contribution in [-0.2, 0) is 4.74 Å². The normalized spacial score (nSPS) is 25.4. The second kappa shape index (κ2) is 5.79. The number of hydrogen-bond acceptors (Lipinski definition) is 4. The maximum Gasteiger partial charge on any atom is 0.253 e. The van der Waals surface area contributed by atoms with Gasteiger partial charge in [-0.3, -0.25) is 9.78 Å². The van der Waals surface area contributed by atoms with Crippen molar-refractivity contribution < 1.29 is 9.53 Å². The molecule has 5 heteroatoms. The molecule has 2 aliphatic rings. The Hall–Kier alpha value is -1.62. The molecule has 1 amide bonds. The molecule has 0 spiro atoms. The lowest BCUT2D eigenvalue weighted by molar-refractivity contribution is 0.0730. The van der Waals surface area contributed by atoms with Gasteiger partial charge in [0.25, 0.3) is 5.91 Å². The maximum atomic E-state index is 12.5. The number of nitrogens with one attached hydrogen (secondary N) is 2. The molecular formula is C15H21N3O2. The van der Waals surface area contributed by atoms with E-state index in [0.29, 0.717) is 11.5 Å². The first-order chi connectivity index (χ1) is 9.79. The van der Waals surface area contributed by atoms with E-state index in [1.54, 1.807) is 18.5 Å². The number of ether oxygens (including phenoxy) is 1. The number of amides is 1. The average molecular weight is 275 g/mol. The van der Waals surface area contributed by atoms with E-state index in [9.17, 15) is 4.79 Å². The van der Waals surface area contributed by atoms with Crippen molar-refractivity contribution in [1.82, 2.24) is 10.3 Å². The van der Waals surface area contributed by atoms with E-state index in [-0.39, 0.29) is 18.1 Å². The molecule has 2 atom stereocenters. The zero-order chi connectivity index (χ0) is 13.9. The predicted octanol–water partition coefficient (Wildman–Crippen LogP) is 1.81. The third-order valence-corrected chi connectivity index (χ3v) is 3.97. The molecule has 1 saturated heterocycles. The van der Waals surface area contributed by atoms with Crippen molar-refractivity contribution in [1.29, 1.82) is 0 Å². The molecule has 1 aliphatic carbocycles. The van der Waals surface area contributed by atoms with Gasteiger partial charge in [0.05, 0.1) is 29.6 Å². The van der Waals surface area contributed by atoms with Crippen LogP contribution in [0.2, 0.25) is 0 Å². The van der Waals surface area contributed by atoms with Crippen LogP contribution >= 0.6 is 0 Å². The summed E-state index contributed by atoms with van der Waals surface area (Å²) in [6, 6.07) is 1.91. The SMILES string of the molecule is CCNc1cnccc1C(=O)NC1CCOC1C1CC1. The molecule has 1 aromatic rings. The zero-order valence-corrected chi connectivity index (χ0v) is 11.8. The predicted molar refractivity (Wildman–Crippen MR) is 76.7 cm³/mol. The van der Waals surface area contributed by atoms with Crippen molar-refractivity contribution in [2.75, 3.05) is 18.5 Å². The van der Waals surface area contributed by atoms with Crippen molar-refractivity contribution in [3.8, 4) is 0 Å². The van der Waals surface area contributed by atoms with Gasteiger partial charge in [-0.25, -0.2) is 0 Å². The van der Waals surface area contributed by atoms with Crippen molar-refractivity contribution in [3.05, 3.63) is 24.0 Å². The Morgan fingerprint density at radius 3 is 3.05 bits per heavy atom. The Balaban J connectivity index is 1.69. The average Bonchev–Trinajstić information content (AvgIpc) is 3.20. The fraction of sp³-hybridized carbons (Fsp3) is 0.600. The standard InChI is InChI=1S/C15H21N3O2/c1-2-17-13-9-16-7-5-11(13)15(19)18-12-6-8-20-14(12)10-3-4-10/h5,7,9-10,12,14,17H,2-4,6,8H2,1H3,(H,18,19). The van der Waals surface area contributed by atoms with Crippen LogP contribution in [0.1, 0.15) is 36.5 Å². The van der Waals surface area contributed by atoms with Crippen molar-refractivity contribution in [2.45, 2.75) is 38.3 Å². The number of carbonyl (C=O) groups excluding carboxylic acids is 1. The van der Waals surface area contributed by atoms with Crippen LogP contribution in [0.5, 0.6) is 0 Å². The van der Waals surface area contributed by atoms with E-state index in [1.807, 2.05) is 6.92 Å². The molecule has 2 unspecified atom stereocenters. The van der Waals surface area contributed by atoms with Crippen LogP contribution < -0.4 is 10.6 Å². The Kier molecular flexibility index (Phi) is 3.87. The van der Waals surface area contributed by atoms with E-state index in [1.165, 1.54) is 12.8 Å². The van der Waals surface area contributed by atoms with Crippen molar-refractivity contribution in [3.63, 3.8) is 0 Å². The molecular weight excluding hydrogens is 254 g/mol. The summed E-state index contributed by atoms with van der Waals surface area (Å²) in [6.07, 6.45) is 6.93. The molecule has 0 radical (unpaired) electrons. The molecule has 3 rings (SSSR count). The molecule has 20 heavy (non-hydrogen) atoms. The van der Waals surface area contributed by atoms with E-state index < -0.39 is 0 Å². The van der Waals surface area contributed by atoms with Gasteiger partial charge in [0.1, 0.15) is 0 Å². The molecule has 1 aromatic heterocycles. The Labute approximate surface area is 119 Å². The Morgan fingerprint density at radius 2 is 2.30 bits per heavy atom. The van der Waals surface area contributed by atoms with Gasteiger partial charge in [0.15, 0.2) is 0 Å². The molecule has 0 aromatic carbocycles. The van der Waals surface area contributed by atoms with Crippen LogP contribution in [0.3, 0.4) is 0 Å². The van der Waals surface area contributed by atoms with Gasteiger partial charge in [-0.15, -0.1) is 0 Å². The fourth-order valence-corrected chi connectivity index (χ4v) is 2.83. The van der Waals surface area contributed by atoms with E-state index in [0.717, 1.165) is 25.3 Å². The number of rotatable bonds is 5. The van der Waals surface area contributed by atoms with E-state index in [4.69, 9.17) is 4.74 Å². The topological polar surface area (TPSA) is 63.2 Å². The molecule has 1 aliphatic heterocycles. The molecule has 0 bridgehead atoms. The summed E-state index contributed by atoms with van der Waals surface area (Å²) in [5, 5.41) is 6.31. The number of pyridine rings is 1. The van der Waals surface area contributed by atoms with Gasteiger partial charge in [-0.1, -0.05) is 0 Å². The second-order valence-electron chi connectivity index (χ2n) is 5.49. The first-order valence-corrected chi connectivity index (χ1v) is 7.40. The summed E-state index contributed by atoms with van der Waals surface area (Å²) in [6.45, 7) is 3.52. The summed E-state index contributed by atoms with van der Waals surface area (Å²) in [5.74, 6) is 0.609. The monoisotopic (exact) mass is 275 g/mol. The lowest BCUT2D eigenvalue weighted by Gasteiger charge is -2.20. The minimum Gasteiger partial charge on any atom is -0.383 e. The quantitative estimate of drug-likeness (QED) is 0.860. The molecule has 1 saturated carbocycles. The Morgan fingerprint density at radius 1 is 1.45 bits per heavy atom. The van der Waals surface area contributed by atoms with Gasteiger partial charge in [-0.05, 0) is 38.2 Å². The molecule has 2 fully saturated rings. The minimum atomic E-state index is -0.0375. The molecule has 2 N–H and O–H groups in total. The van der Waals surface area contributed by atoms with E-state index in [2.05, 4.69) is 15.6 Å². The highest BCUT2D eigenvalue weighted by Gasteiger charge is 2.41. The summed E-state index contributed by atoms with van der Waals surface area (Å²) in [4.78, 5) is 16.5. The number of carbonyl (C=O) groups is 1. The highest BCUT2D eigenvalue weighted by molar-refractivity contribution is 5.99. The summed E-state index contributed by atoms with van der Waals surface area (Å²) in [5.41, 5.74) is 1.44. The lowest BCUT2D eigenvalue weighted by Crippen LogP contribution is -2.41. The van der Waals surface area contributed by atoms with Gasteiger partial charge in [0, 0.05) is 19.3 Å². The smallest absolute Gasteiger partial charge is 0.253 e. The highest BCUT2D eigenvalue weighted by atomic mass is 16.5. The maximum absolute atomic E-state index is 12.5. The first kappa shape index (κ1) is 13.4. The minimum absolute atomic E-state index is 0.0375. The lowest BCUT2D eigenvalue weighted by atomic mass is 10.1. The van der Waals surface area contributed by atoms with Crippen LogP contribution in [-0.4, -0.2) is 36.2 Å². The zero-order valence-electron chi connectivity index (χ0n) is 11.8. The number of aromatic nitrogens is 1. The van der Waals surface area contributed by atoms with Gasteiger partial charge in [-0.2, -0.15) is 0 Å². The summed E-state index contributed by atoms with van der Waals surface area (Å²) >= 11 is 0. The van der Waals surface area contributed by atoms with Gasteiger partial charge >= 0.3 is 0 Å². The summed E-state index contributed by atoms with van der Waals surface area (Å²) in [7, 11) is 0. The van der Waals surface area contributed by atoms with Crippen molar-refractivity contribution in [2.24, 2.45) is 5.92 Å². The van der Waals surface area contributed by atoms with Crippen molar-refractivity contribution >= 4 is 11.6 Å². The van der Waals surface area contributed by atoms with Crippen LogP contribution in [0.4, 0.5) is 5.69 Å². The summed E-state index contributed by atoms with van der Waals surface area (Å²) < 4.78 is 5.76. The largest absolute Gasteiger partial charge is 0.383 e. The first-order valence-electron chi connectivity index (χ1n) is 7.40. The van der Waals surface area contributed by atoms with Gasteiger partial charge < -0.3 is 15.4 Å². The second-order valence-corrected chi connectivity index (χ2v) is 5.49. The third kappa shape index (κ3) is 2.77. The molecule has 2 heterocycles. The molecule has 108 valence electrons. The van der Waals surface area contributed by atoms with Gasteiger partial charge in [0.2, 0.25) is 0 Å². The Bertz CT molecular complexity index is 488. The number of anilines is 1. The molecule has 5 nitrogen and oxygen atoms in total. The van der Waals surface area contributed by atoms with Crippen LogP contribution in [0.25, 0.3) is 0 Å². The third-order valence-electron chi connectivity index (χ3n) is 3.97. The number of hydrogen-bond donors (Lipinski definition) is 2. The number of nitrogens with zero attached hydrogens (tertiary/aromatic N) is 1. The highest BCUT2D eigenvalue weighted by Crippen LogP contribution is 2.38. The van der Waals surface area contributed by atoms with E-state index >= 15 is 0 Å². The fourth-order valence-electron chi connectivity index (χ4n) is 2.83. The van der Waals surface area contributed by atoms with Crippen LogP contribution in [0.15, 0.2) is 18.5 Å². The van der Waals surface area contributed by atoms with Crippen LogP contribution in [0, 0.1) is 5.92 Å².